The van der Waals surface area contributed by atoms with E-state index in [4.69, 9.17) is 9.47 Å². The summed E-state index contributed by atoms with van der Waals surface area (Å²) in [6.45, 7) is 3.19. The normalized spacial score (nSPS) is 33.6. The fourth-order valence-corrected chi connectivity index (χ4v) is 2.36. The van der Waals surface area contributed by atoms with E-state index in [1.165, 1.54) is 0 Å². The second-order valence-electron chi connectivity index (χ2n) is 4.30. The maximum Gasteiger partial charge on any atom is 0.306 e. The number of morpholine rings is 1. The average Bonchev–Trinajstić information content (AvgIpc) is 2.26. The van der Waals surface area contributed by atoms with Crippen LogP contribution in [-0.2, 0) is 19.1 Å². The molecule has 0 saturated carbocycles. The summed E-state index contributed by atoms with van der Waals surface area (Å²) in [7, 11) is 0. The first-order valence-corrected chi connectivity index (χ1v) is 5.74. The van der Waals surface area contributed by atoms with Gasteiger partial charge >= 0.3 is 5.97 Å². The Kier molecular flexibility index (Phi) is 3.56. The molecule has 0 aromatic rings. The maximum absolute atomic E-state index is 11.9. The molecule has 5 nitrogen and oxygen atoms in total. The summed E-state index contributed by atoms with van der Waals surface area (Å²) in [4.78, 5) is 23.3. The van der Waals surface area contributed by atoms with Crippen LogP contribution >= 0.6 is 0 Å². The molecule has 2 aliphatic rings. The summed E-state index contributed by atoms with van der Waals surface area (Å²) < 4.78 is 10.2. The highest BCUT2D eigenvalue weighted by Crippen LogP contribution is 2.24. The summed E-state index contributed by atoms with van der Waals surface area (Å²) in [6, 6.07) is -0.0252. The lowest BCUT2D eigenvalue weighted by Crippen LogP contribution is -2.59. The van der Waals surface area contributed by atoms with Crippen LogP contribution in [0.2, 0.25) is 0 Å². The first-order valence-electron chi connectivity index (χ1n) is 5.74. The van der Waals surface area contributed by atoms with Gasteiger partial charge in [-0.1, -0.05) is 0 Å². The molecule has 5 heteroatoms. The van der Waals surface area contributed by atoms with E-state index in [9.17, 15) is 9.59 Å². The predicted octanol–water partition coefficient (Wildman–Crippen LogP) is -0.114. The molecule has 90 valence electrons. The van der Waals surface area contributed by atoms with Gasteiger partial charge in [-0.3, -0.25) is 9.59 Å². The van der Waals surface area contributed by atoms with Crippen LogP contribution < -0.4 is 5.32 Å². The first-order chi connectivity index (χ1) is 7.70. The number of esters is 1. The zero-order chi connectivity index (χ0) is 11.5. The van der Waals surface area contributed by atoms with Gasteiger partial charge in [-0.05, 0) is 13.3 Å². The molecule has 2 bridgehead atoms. The molecule has 0 aliphatic carbocycles. The number of rotatable bonds is 3. The smallest absolute Gasteiger partial charge is 0.306 e. The van der Waals surface area contributed by atoms with Crippen LogP contribution in [0.25, 0.3) is 0 Å². The van der Waals surface area contributed by atoms with Crippen molar-refractivity contribution in [1.29, 1.82) is 0 Å². The minimum absolute atomic E-state index is 0.0870. The van der Waals surface area contributed by atoms with Crippen molar-refractivity contribution in [3.8, 4) is 0 Å². The third kappa shape index (κ3) is 2.41. The molecule has 2 fully saturated rings. The molecule has 2 aliphatic heterocycles. The lowest BCUT2D eigenvalue weighted by Gasteiger charge is -2.38. The number of Topliss-reactive ketones (excluding diaryl/α,β-unsaturated/α-hetero) is 1. The second-order valence-corrected chi connectivity index (χ2v) is 4.30. The number of hydrogen-bond acceptors (Lipinski definition) is 5. The number of hydrogen-bond donors (Lipinski definition) is 1. The summed E-state index contributed by atoms with van der Waals surface area (Å²) in [5.41, 5.74) is 0. The minimum atomic E-state index is -0.276. The van der Waals surface area contributed by atoms with Gasteiger partial charge < -0.3 is 14.8 Å². The summed E-state index contributed by atoms with van der Waals surface area (Å²) in [5.74, 6) is -0.384. The number of fused-ring (bicyclic) bond motifs is 2. The van der Waals surface area contributed by atoms with Gasteiger partial charge in [0.25, 0.3) is 0 Å². The number of piperidine rings is 1. The van der Waals surface area contributed by atoms with Gasteiger partial charge in [0.1, 0.15) is 0 Å². The van der Waals surface area contributed by atoms with Crippen LogP contribution in [0.3, 0.4) is 0 Å². The van der Waals surface area contributed by atoms with Crippen molar-refractivity contribution in [2.45, 2.75) is 31.8 Å². The van der Waals surface area contributed by atoms with Crippen LogP contribution in [0.5, 0.6) is 0 Å². The molecular weight excluding hydrogens is 210 g/mol. The molecule has 0 aromatic heterocycles. The van der Waals surface area contributed by atoms with Crippen molar-refractivity contribution in [3.63, 3.8) is 0 Å². The van der Waals surface area contributed by atoms with Crippen molar-refractivity contribution in [3.05, 3.63) is 0 Å². The Morgan fingerprint density at radius 2 is 2.38 bits per heavy atom. The highest BCUT2D eigenvalue weighted by molar-refractivity contribution is 5.90. The molecule has 2 heterocycles. The van der Waals surface area contributed by atoms with E-state index in [0.717, 1.165) is 0 Å². The SMILES string of the molecule is CCOC(=O)CC1CC2COCC(N2)C1=O. The van der Waals surface area contributed by atoms with Crippen LogP contribution in [-0.4, -0.2) is 43.7 Å². The lowest BCUT2D eigenvalue weighted by atomic mass is 9.84. The largest absolute Gasteiger partial charge is 0.466 e. The zero-order valence-electron chi connectivity index (χ0n) is 9.40. The molecule has 0 aromatic carbocycles. The maximum atomic E-state index is 11.9. The standard InChI is InChI=1S/C11H17NO4/c1-2-16-10(13)4-7-3-8-5-15-6-9(12-8)11(7)14/h7-9,12H,2-6H2,1H3. The molecule has 1 N–H and O–H groups in total. The molecule has 2 rings (SSSR count). The third-order valence-corrected chi connectivity index (χ3v) is 3.07. The van der Waals surface area contributed by atoms with Gasteiger partial charge in [-0.2, -0.15) is 0 Å². The van der Waals surface area contributed by atoms with Crippen LogP contribution in [0.4, 0.5) is 0 Å². The topological polar surface area (TPSA) is 64.6 Å². The Hall–Kier alpha value is -0.940. The summed E-state index contributed by atoms with van der Waals surface area (Å²) >= 11 is 0. The second kappa shape index (κ2) is 4.93. The predicted molar refractivity (Wildman–Crippen MR) is 55.9 cm³/mol. The minimum Gasteiger partial charge on any atom is -0.466 e. The van der Waals surface area contributed by atoms with E-state index in [1.807, 2.05) is 0 Å². The monoisotopic (exact) mass is 227 g/mol. The number of ketones is 1. The van der Waals surface area contributed by atoms with Crippen molar-refractivity contribution in [1.82, 2.24) is 5.32 Å². The van der Waals surface area contributed by atoms with Gasteiger partial charge in [-0.25, -0.2) is 0 Å². The molecule has 0 radical (unpaired) electrons. The van der Waals surface area contributed by atoms with Crippen LogP contribution in [0.15, 0.2) is 0 Å². The van der Waals surface area contributed by atoms with E-state index >= 15 is 0 Å². The molecule has 3 atom stereocenters. The Morgan fingerprint density at radius 1 is 1.56 bits per heavy atom. The van der Waals surface area contributed by atoms with Crippen molar-refractivity contribution < 1.29 is 19.1 Å². The van der Waals surface area contributed by atoms with Crippen molar-refractivity contribution in [2.75, 3.05) is 19.8 Å². The molecule has 16 heavy (non-hydrogen) atoms. The van der Waals surface area contributed by atoms with Gasteiger partial charge in [0.15, 0.2) is 5.78 Å². The number of ether oxygens (including phenoxy) is 2. The van der Waals surface area contributed by atoms with E-state index in [2.05, 4.69) is 5.32 Å². The highest BCUT2D eigenvalue weighted by atomic mass is 16.5. The van der Waals surface area contributed by atoms with Gasteiger partial charge in [0.2, 0.25) is 0 Å². The first kappa shape index (κ1) is 11.5. The number of carbonyl (C=O) groups excluding carboxylic acids is 2. The zero-order valence-corrected chi connectivity index (χ0v) is 9.40. The van der Waals surface area contributed by atoms with Gasteiger partial charge in [0.05, 0.1) is 32.3 Å². The Morgan fingerprint density at radius 3 is 3.12 bits per heavy atom. The summed E-state index contributed by atoms with van der Waals surface area (Å²) in [5, 5.41) is 3.21. The number of nitrogens with one attached hydrogen (secondary N) is 1. The molecule has 2 saturated heterocycles. The van der Waals surface area contributed by atoms with Crippen LogP contribution in [0.1, 0.15) is 19.8 Å². The van der Waals surface area contributed by atoms with E-state index in [-0.39, 0.29) is 36.2 Å². The molecule has 3 unspecified atom stereocenters. The van der Waals surface area contributed by atoms with E-state index < -0.39 is 0 Å². The Bertz CT molecular complexity index is 292. The van der Waals surface area contributed by atoms with Crippen molar-refractivity contribution in [2.24, 2.45) is 5.92 Å². The quantitative estimate of drug-likeness (QED) is 0.681. The number of carbonyl (C=O) groups is 2. The molecular formula is C11H17NO4. The average molecular weight is 227 g/mol. The molecule has 0 spiro atoms. The van der Waals surface area contributed by atoms with Gasteiger partial charge in [0, 0.05) is 12.0 Å². The fraction of sp³-hybridized carbons (Fsp3) is 0.818. The summed E-state index contributed by atoms with van der Waals surface area (Å²) in [6.07, 6.45) is 0.884. The lowest BCUT2D eigenvalue weighted by molar-refractivity contribution is -0.148. The van der Waals surface area contributed by atoms with Crippen molar-refractivity contribution >= 4 is 11.8 Å². The van der Waals surface area contributed by atoms with Crippen LogP contribution in [0, 0.1) is 5.92 Å². The Balaban J connectivity index is 1.94. The molecule has 0 amide bonds. The third-order valence-electron chi connectivity index (χ3n) is 3.07. The van der Waals surface area contributed by atoms with Gasteiger partial charge in [-0.15, -0.1) is 0 Å². The van der Waals surface area contributed by atoms with E-state index in [0.29, 0.717) is 26.2 Å². The van der Waals surface area contributed by atoms with E-state index in [1.54, 1.807) is 6.92 Å². The fourth-order valence-electron chi connectivity index (χ4n) is 2.36. The Labute approximate surface area is 94.5 Å². The highest BCUT2D eigenvalue weighted by Gasteiger charge is 2.39.